The number of thioether (sulfide) groups is 1. The Morgan fingerprint density at radius 1 is 1.40 bits per heavy atom. The monoisotopic (exact) mass is 292 g/mol. The summed E-state index contributed by atoms with van der Waals surface area (Å²) in [6, 6.07) is 3.01. The maximum absolute atomic E-state index is 10.9. The van der Waals surface area contributed by atoms with Gasteiger partial charge in [-0.3, -0.25) is 0 Å². The number of aromatic nitrogens is 2. The molecule has 0 fully saturated rings. The van der Waals surface area contributed by atoms with Gasteiger partial charge in [-0.15, -0.1) is 0 Å². The van der Waals surface area contributed by atoms with E-state index < -0.39 is 5.97 Å². The normalized spacial score (nSPS) is 11.6. The van der Waals surface area contributed by atoms with Crippen molar-refractivity contribution in [1.82, 2.24) is 9.97 Å². The summed E-state index contributed by atoms with van der Waals surface area (Å²) in [6.07, 6.45) is 3.22. The van der Waals surface area contributed by atoms with Gasteiger partial charge in [0.1, 0.15) is 5.76 Å². The van der Waals surface area contributed by atoms with Crippen molar-refractivity contribution in [3.63, 3.8) is 0 Å². The van der Waals surface area contributed by atoms with Crippen molar-refractivity contribution in [2.75, 3.05) is 0 Å². The summed E-state index contributed by atoms with van der Waals surface area (Å²) in [5.41, 5.74) is 0.155. The lowest BCUT2D eigenvalue weighted by Gasteiger charge is -2.13. The van der Waals surface area contributed by atoms with Crippen molar-refractivity contribution in [2.45, 2.75) is 37.0 Å². The Kier molecular flexibility index (Phi) is 4.13. The van der Waals surface area contributed by atoms with E-state index in [1.165, 1.54) is 24.0 Å². The molecule has 0 radical (unpaired) electrons. The zero-order valence-electron chi connectivity index (χ0n) is 11.6. The minimum absolute atomic E-state index is 0.0720. The molecule has 0 unspecified atom stereocenters. The molecular formula is C14H16N2O3S. The molecule has 0 aliphatic carbocycles. The van der Waals surface area contributed by atoms with Gasteiger partial charge in [0, 0.05) is 11.6 Å². The highest BCUT2D eigenvalue weighted by atomic mass is 32.2. The van der Waals surface area contributed by atoms with Gasteiger partial charge in [0.15, 0.2) is 0 Å². The summed E-state index contributed by atoms with van der Waals surface area (Å²) < 4.78 is 5.67. The van der Waals surface area contributed by atoms with Crippen LogP contribution in [0, 0.1) is 0 Å². The van der Waals surface area contributed by atoms with Crippen LogP contribution in [0.25, 0.3) is 0 Å². The molecule has 2 aromatic rings. The van der Waals surface area contributed by atoms with Gasteiger partial charge in [0.2, 0.25) is 5.89 Å². The van der Waals surface area contributed by atoms with Gasteiger partial charge in [-0.1, -0.05) is 32.5 Å². The molecule has 2 heterocycles. The molecule has 0 aliphatic rings. The van der Waals surface area contributed by atoms with Crippen molar-refractivity contribution >= 4 is 17.7 Å². The first-order valence-corrected chi connectivity index (χ1v) is 7.12. The van der Waals surface area contributed by atoms with E-state index in [9.17, 15) is 4.79 Å². The largest absolute Gasteiger partial charge is 0.478 e. The molecule has 2 aromatic heterocycles. The van der Waals surface area contributed by atoms with Gasteiger partial charge in [0.25, 0.3) is 0 Å². The summed E-state index contributed by atoms with van der Waals surface area (Å²) in [4.78, 5) is 19.2. The number of rotatable bonds is 4. The van der Waals surface area contributed by atoms with Crippen molar-refractivity contribution in [2.24, 2.45) is 0 Å². The topological polar surface area (TPSA) is 76.2 Å². The standard InChI is InChI=1S/C14H16N2O3S/c1-14(2,3)10-7-16-11(19-10)8-20-12-6-9(13(17)18)4-5-15-12/h4-7H,8H2,1-3H3,(H,17,18). The van der Waals surface area contributed by atoms with Crippen LogP contribution in [-0.4, -0.2) is 21.0 Å². The SMILES string of the molecule is CC(C)(C)c1cnc(CSc2cc(C(=O)O)ccn2)o1. The van der Waals surface area contributed by atoms with E-state index in [0.29, 0.717) is 16.7 Å². The number of hydrogen-bond donors (Lipinski definition) is 1. The van der Waals surface area contributed by atoms with Crippen LogP contribution in [-0.2, 0) is 11.2 Å². The molecule has 0 spiro atoms. The molecule has 106 valence electrons. The van der Waals surface area contributed by atoms with Crippen molar-refractivity contribution in [3.05, 3.63) is 41.7 Å². The Labute approximate surface area is 121 Å². The maximum atomic E-state index is 10.9. The minimum atomic E-state index is -0.958. The molecule has 0 saturated heterocycles. The molecular weight excluding hydrogens is 276 g/mol. The third-order valence-corrected chi connectivity index (χ3v) is 3.53. The third kappa shape index (κ3) is 3.60. The first-order valence-electron chi connectivity index (χ1n) is 6.13. The summed E-state index contributed by atoms with van der Waals surface area (Å²) in [5, 5.41) is 9.56. The zero-order chi connectivity index (χ0) is 14.8. The van der Waals surface area contributed by atoms with E-state index in [4.69, 9.17) is 9.52 Å². The maximum Gasteiger partial charge on any atom is 0.335 e. The Hall–Kier alpha value is -1.82. The predicted molar refractivity (Wildman–Crippen MR) is 76.0 cm³/mol. The van der Waals surface area contributed by atoms with E-state index in [-0.39, 0.29) is 11.0 Å². The van der Waals surface area contributed by atoms with Crippen molar-refractivity contribution < 1.29 is 14.3 Å². The quantitative estimate of drug-likeness (QED) is 0.871. The Balaban J connectivity index is 2.04. The summed E-state index contributed by atoms with van der Waals surface area (Å²) in [5.74, 6) is 1.01. The number of carboxylic acid groups (broad SMARTS) is 1. The fourth-order valence-electron chi connectivity index (χ4n) is 1.48. The number of nitrogens with zero attached hydrogens (tertiary/aromatic N) is 2. The number of oxazole rings is 1. The molecule has 0 amide bonds. The second kappa shape index (κ2) is 5.66. The fourth-order valence-corrected chi connectivity index (χ4v) is 2.23. The average molecular weight is 292 g/mol. The molecule has 0 atom stereocenters. The Morgan fingerprint density at radius 3 is 2.75 bits per heavy atom. The second-order valence-electron chi connectivity index (χ2n) is 5.34. The van der Waals surface area contributed by atoms with Crippen LogP contribution in [0.2, 0.25) is 0 Å². The van der Waals surface area contributed by atoms with E-state index in [0.717, 1.165) is 5.76 Å². The summed E-state index contributed by atoms with van der Waals surface area (Å²) in [6.45, 7) is 6.17. The van der Waals surface area contributed by atoms with Gasteiger partial charge in [-0.25, -0.2) is 14.8 Å². The minimum Gasteiger partial charge on any atom is -0.478 e. The molecule has 2 rings (SSSR count). The molecule has 0 bridgehead atoms. The van der Waals surface area contributed by atoms with Crippen LogP contribution in [0.4, 0.5) is 0 Å². The number of carbonyl (C=O) groups is 1. The lowest BCUT2D eigenvalue weighted by Crippen LogP contribution is -2.09. The number of hydrogen-bond acceptors (Lipinski definition) is 5. The molecule has 1 N–H and O–H groups in total. The van der Waals surface area contributed by atoms with Crippen LogP contribution in [0.1, 0.15) is 42.8 Å². The summed E-state index contributed by atoms with van der Waals surface area (Å²) >= 11 is 1.40. The highest BCUT2D eigenvalue weighted by Gasteiger charge is 2.19. The number of pyridine rings is 1. The van der Waals surface area contributed by atoms with Gasteiger partial charge < -0.3 is 9.52 Å². The molecule has 0 aliphatic heterocycles. The van der Waals surface area contributed by atoms with E-state index >= 15 is 0 Å². The zero-order valence-corrected chi connectivity index (χ0v) is 12.4. The van der Waals surface area contributed by atoms with E-state index in [1.54, 1.807) is 12.3 Å². The van der Waals surface area contributed by atoms with Gasteiger partial charge in [0.05, 0.1) is 22.5 Å². The van der Waals surface area contributed by atoms with Crippen LogP contribution >= 0.6 is 11.8 Å². The highest BCUT2D eigenvalue weighted by molar-refractivity contribution is 7.98. The van der Waals surface area contributed by atoms with Gasteiger partial charge in [-0.2, -0.15) is 0 Å². The average Bonchev–Trinajstić information content (AvgIpc) is 2.85. The Morgan fingerprint density at radius 2 is 2.15 bits per heavy atom. The fraction of sp³-hybridized carbons (Fsp3) is 0.357. The van der Waals surface area contributed by atoms with Gasteiger partial charge in [-0.05, 0) is 12.1 Å². The lowest BCUT2D eigenvalue weighted by atomic mass is 9.94. The lowest BCUT2D eigenvalue weighted by molar-refractivity contribution is 0.0696. The van der Waals surface area contributed by atoms with Crippen molar-refractivity contribution in [1.29, 1.82) is 0 Å². The van der Waals surface area contributed by atoms with Crippen LogP contribution in [0.15, 0.2) is 34.0 Å². The molecule has 5 nitrogen and oxygen atoms in total. The molecule has 0 aromatic carbocycles. The molecule has 20 heavy (non-hydrogen) atoms. The van der Waals surface area contributed by atoms with Crippen LogP contribution in [0.5, 0.6) is 0 Å². The number of aromatic carboxylic acids is 1. The van der Waals surface area contributed by atoms with Crippen LogP contribution < -0.4 is 0 Å². The molecule has 0 saturated carbocycles. The predicted octanol–water partition coefficient (Wildman–Crippen LogP) is 3.36. The van der Waals surface area contributed by atoms with Crippen LogP contribution in [0.3, 0.4) is 0 Å². The first-order chi connectivity index (χ1) is 9.36. The number of carboxylic acids is 1. The van der Waals surface area contributed by atoms with E-state index in [1.807, 2.05) is 0 Å². The Bertz CT molecular complexity index is 617. The smallest absolute Gasteiger partial charge is 0.335 e. The second-order valence-corrected chi connectivity index (χ2v) is 6.34. The highest BCUT2D eigenvalue weighted by Crippen LogP contribution is 2.26. The molecule has 6 heteroatoms. The first kappa shape index (κ1) is 14.6. The van der Waals surface area contributed by atoms with Crippen molar-refractivity contribution in [3.8, 4) is 0 Å². The van der Waals surface area contributed by atoms with E-state index in [2.05, 4.69) is 30.7 Å². The summed E-state index contributed by atoms with van der Waals surface area (Å²) in [7, 11) is 0. The third-order valence-electron chi connectivity index (χ3n) is 2.62. The van der Waals surface area contributed by atoms with Gasteiger partial charge >= 0.3 is 5.97 Å².